The molecule has 0 radical (unpaired) electrons. The van der Waals surface area contributed by atoms with Crippen LogP contribution in [0.15, 0.2) is 17.1 Å². The smallest absolute Gasteiger partial charge is 0.474 e. The van der Waals surface area contributed by atoms with Gasteiger partial charge in [-0.25, -0.2) is 26.6 Å². The maximum atomic E-state index is 13.8. The third kappa shape index (κ3) is 2.55. The highest BCUT2D eigenvalue weighted by Gasteiger charge is 2.41. The van der Waals surface area contributed by atoms with E-state index in [4.69, 9.17) is 0 Å². The molecule has 0 amide bonds. The standard InChI is InChI=1S/C14H9BF5NO3/c1-5-11(18)9(17)2-6-12(5)21(10-3-8(10)16)4-7(13(6)22)14(23)24-15(19)20/h2,4,8,10H,3H2,1H3/t8-,10+/m0/s1. The number of benzene rings is 1. The van der Waals surface area contributed by atoms with E-state index in [1.807, 2.05) is 0 Å². The normalized spacial score (nSPS) is 19.4. The van der Waals surface area contributed by atoms with Gasteiger partial charge in [0.1, 0.15) is 11.7 Å². The number of fused-ring (bicyclic) bond motifs is 1. The first-order chi connectivity index (χ1) is 11.2. The number of pyridine rings is 1. The van der Waals surface area contributed by atoms with Gasteiger partial charge in [0.2, 0.25) is 5.43 Å². The monoisotopic (exact) mass is 345 g/mol. The fourth-order valence-corrected chi connectivity index (χ4v) is 2.65. The minimum atomic E-state index is -3.46. The van der Waals surface area contributed by atoms with Gasteiger partial charge < -0.3 is 9.22 Å². The molecule has 1 fully saturated rings. The Morgan fingerprint density at radius 3 is 2.54 bits per heavy atom. The third-order valence-electron chi connectivity index (χ3n) is 3.89. The predicted molar refractivity (Wildman–Crippen MR) is 74.8 cm³/mol. The quantitative estimate of drug-likeness (QED) is 0.635. The molecular weight excluding hydrogens is 336 g/mol. The molecule has 0 N–H and O–H groups in total. The minimum absolute atomic E-state index is 0.0414. The first-order valence-electron chi connectivity index (χ1n) is 6.89. The van der Waals surface area contributed by atoms with Crippen LogP contribution < -0.4 is 5.43 Å². The Kier molecular flexibility index (Phi) is 3.85. The molecule has 0 bridgehead atoms. The molecule has 2 atom stereocenters. The molecule has 1 aromatic heterocycles. The molecule has 0 unspecified atom stereocenters. The highest BCUT2D eigenvalue weighted by molar-refractivity contribution is 6.38. The second kappa shape index (κ2) is 5.61. The van der Waals surface area contributed by atoms with E-state index in [0.717, 1.165) is 10.8 Å². The number of hydrogen-bond donors (Lipinski definition) is 0. The average molecular weight is 345 g/mol. The van der Waals surface area contributed by atoms with Crippen molar-refractivity contribution in [2.24, 2.45) is 0 Å². The number of rotatable bonds is 3. The van der Waals surface area contributed by atoms with E-state index in [1.54, 1.807) is 0 Å². The Hall–Kier alpha value is -2.39. The number of nitrogens with zero attached hydrogens (tertiary/aromatic N) is 1. The lowest BCUT2D eigenvalue weighted by atomic mass is 10.1. The van der Waals surface area contributed by atoms with E-state index in [0.29, 0.717) is 6.07 Å². The summed E-state index contributed by atoms with van der Waals surface area (Å²) >= 11 is 0. The molecule has 10 heteroatoms. The van der Waals surface area contributed by atoms with Gasteiger partial charge in [-0.2, -0.15) is 0 Å². The van der Waals surface area contributed by atoms with Gasteiger partial charge in [0, 0.05) is 23.6 Å². The highest BCUT2D eigenvalue weighted by atomic mass is 19.2. The van der Waals surface area contributed by atoms with E-state index >= 15 is 0 Å². The second-order valence-electron chi connectivity index (χ2n) is 5.46. The molecule has 1 aliphatic rings. The summed E-state index contributed by atoms with van der Waals surface area (Å²) in [6.07, 6.45) is -0.411. The van der Waals surface area contributed by atoms with Crippen LogP contribution in [0.3, 0.4) is 0 Å². The van der Waals surface area contributed by atoms with Crippen LogP contribution in [-0.4, -0.2) is 24.2 Å². The molecule has 1 heterocycles. The largest absolute Gasteiger partial charge is 0.798 e. The molecule has 4 nitrogen and oxygen atoms in total. The van der Waals surface area contributed by atoms with Crippen molar-refractivity contribution in [3.8, 4) is 0 Å². The number of aryl methyl sites for hydroxylation is 1. The van der Waals surface area contributed by atoms with Crippen LogP contribution in [0.4, 0.5) is 21.8 Å². The molecule has 0 spiro atoms. The number of hydrogen-bond acceptors (Lipinski definition) is 3. The maximum Gasteiger partial charge on any atom is 0.798 e. The first-order valence-corrected chi connectivity index (χ1v) is 6.89. The van der Waals surface area contributed by atoms with E-state index in [9.17, 15) is 31.4 Å². The SMILES string of the molecule is Cc1c(F)c(F)cc2c(=O)c(C(=O)OB(F)F)cn([C@@H]3C[C@@H]3F)c12. The lowest BCUT2D eigenvalue weighted by molar-refractivity contribution is 0.0693. The zero-order valence-electron chi connectivity index (χ0n) is 12.2. The molecule has 24 heavy (non-hydrogen) atoms. The summed E-state index contributed by atoms with van der Waals surface area (Å²) in [5.74, 6) is -4.17. The van der Waals surface area contributed by atoms with E-state index in [2.05, 4.69) is 4.65 Å². The third-order valence-corrected chi connectivity index (χ3v) is 3.89. The lowest BCUT2D eigenvalue weighted by Gasteiger charge is -2.15. The predicted octanol–water partition coefficient (Wildman–Crippen LogP) is 2.95. The van der Waals surface area contributed by atoms with Gasteiger partial charge in [-0.15, -0.1) is 0 Å². The van der Waals surface area contributed by atoms with Crippen molar-refractivity contribution in [1.82, 2.24) is 4.57 Å². The van der Waals surface area contributed by atoms with Gasteiger partial charge in [0.15, 0.2) is 11.6 Å². The second-order valence-corrected chi connectivity index (χ2v) is 5.46. The zero-order valence-corrected chi connectivity index (χ0v) is 12.2. The average Bonchev–Trinajstić information content (AvgIpc) is 3.22. The summed E-state index contributed by atoms with van der Waals surface area (Å²) in [5, 5.41) is -0.408. The van der Waals surface area contributed by atoms with E-state index in [1.165, 1.54) is 6.92 Å². The van der Waals surface area contributed by atoms with Gasteiger partial charge in [-0.05, 0) is 13.0 Å². The van der Waals surface area contributed by atoms with Crippen molar-refractivity contribution in [3.05, 3.63) is 45.2 Å². The van der Waals surface area contributed by atoms with Crippen LogP contribution in [0.5, 0.6) is 0 Å². The Morgan fingerprint density at radius 2 is 2.00 bits per heavy atom. The van der Waals surface area contributed by atoms with Crippen molar-refractivity contribution in [2.45, 2.75) is 25.6 Å². The number of halogens is 5. The van der Waals surface area contributed by atoms with Gasteiger partial charge in [-0.3, -0.25) is 4.79 Å². The van der Waals surface area contributed by atoms with Crippen LogP contribution in [0.25, 0.3) is 10.9 Å². The molecule has 1 saturated carbocycles. The molecule has 0 saturated heterocycles. The minimum Gasteiger partial charge on any atom is -0.474 e. The molecule has 0 aliphatic heterocycles. The maximum absolute atomic E-state index is 13.8. The summed E-state index contributed by atoms with van der Waals surface area (Å²) in [5.41, 5.74) is -2.22. The van der Waals surface area contributed by atoms with Crippen molar-refractivity contribution >= 4 is 24.3 Å². The fraction of sp³-hybridized carbons (Fsp3) is 0.286. The number of carbonyl (C=O) groups excluding carboxylic acids is 1. The Bertz CT molecular complexity index is 914. The van der Waals surface area contributed by atoms with Crippen LogP contribution in [0, 0.1) is 18.6 Å². The molecular formula is C14H9BF5NO3. The Morgan fingerprint density at radius 1 is 1.38 bits per heavy atom. The number of alkyl halides is 1. The van der Waals surface area contributed by atoms with Crippen LogP contribution >= 0.6 is 0 Å². The molecule has 126 valence electrons. The summed E-state index contributed by atoms with van der Waals surface area (Å²) in [7, 11) is -3.46. The summed E-state index contributed by atoms with van der Waals surface area (Å²) in [6, 6.07) is -0.236. The van der Waals surface area contributed by atoms with Crippen molar-refractivity contribution in [3.63, 3.8) is 0 Å². The first kappa shape index (κ1) is 16.5. The van der Waals surface area contributed by atoms with Crippen molar-refractivity contribution in [1.29, 1.82) is 0 Å². The van der Waals surface area contributed by atoms with E-state index < -0.39 is 53.7 Å². The van der Waals surface area contributed by atoms with Crippen LogP contribution in [0.1, 0.15) is 28.4 Å². The Labute approximate surface area is 132 Å². The van der Waals surface area contributed by atoms with Crippen molar-refractivity contribution in [2.75, 3.05) is 0 Å². The summed E-state index contributed by atoms with van der Waals surface area (Å²) in [4.78, 5) is 24.0. The van der Waals surface area contributed by atoms with Gasteiger partial charge in [-0.1, -0.05) is 0 Å². The number of aromatic nitrogens is 1. The topological polar surface area (TPSA) is 48.3 Å². The summed E-state index contributed by atoms with van der Waals surface area (Å²) < 4.78 is 70.1. The Balaban J connectivity index is 2.33. The lowest BCUT2D eigenvalue weighted by Crippen LogP contribution is -2.24. The van der Waals surface area contributed by atoms with Crippen molar-refractivity contribution < 1.29 is 31.3 Å². The van der Waals surface area contributed by atoms with Crippen LogP contribution in [0.2, 0.25) is 0 Å². The van der Waals surface area contributed by atoms with Gasteiger partial charge in [0.25, 0.3) is 0 Å². The number of carbonyl (C=O) groups is 1. The molecule has 2 aromatic rings. The van der Waals surface area contributed by atoms with Gasteiger partial charge >= 0.3 is 13.4 Å². The van der Waals surface area contributed by atoms with Crippen LogP contribution in [-0.2, 0) is 4.65 Å². The molecule has 1 aromatic carbocycles. The van der Waals surface area contributed by atoms with E-state index in [-0.39, 0.29) is 17.5 Å². The molecule has 3 rings (SSSR count). The zero-order chi connectivity index (χ0) is 17.8. The molecule has 1 aliphatic carbocycles. The van der Waals surface area contributed by atoms with Gasteiger partial charge in [0.05, 0.1) is 11.6 Å². The fourth-order valence-electron chi connectivity index (χ4n) is 2.65. The summed E-state index contributed by atoms with van der Waals surface area (Å²) in [6.45, 7) is 1.20. The highest BCUT2D eigenvalue weighted by Crippen LogP contribution is 2.41.